The summed E-state index contributed by atoms with van der Waals surface area (Å²) in [5.74, 6) is 7.18. The Morgan fingerprint density at radius 1 is 1.25 bits per heavy atom. The fourth-order valence-electron chi connectivity index (χ4n) is 4.24. The molecule has 0 spiro atoms. The van der Waals surface area contributed by atoms with Gasteiger partial charge >= 0.3 is 5.69 Å². The number of nitrogens with two attached hydrogens (primary N) is 1. The lowest BCUT2D eigenvalue weighted by molar-refractivity contribution is 0.407. The maximum absolute atomic E-state index is 13.6. The molecule has 2 N–H and O–H groups in total. The Balaban J connectivity index is 1.93. The van der Waals surface area contributed by atoms with Gasteiger partial charge in [-0.05, 0) is 25.8 Å². The third-order valence-corrected chi connectivity index (χ3v) is 5.89. The molecule has 1 atom stereocenters. The van der Waals surface area contributed by atoms with Crippen molar-refractivity contribution >= 4 is 17.1 Å². The first-order chi connectivity index (χ1) is 15.5. The normalized spacial score (nSPS) is 16.1. The van der Waals surface area contributed by atoms with Crippen LogP contribution in [0.2, 0.25) is 0 Å². The molecule has 3 aromatic rings. The largest absolute Gasteiger partial charge is 0.496 e. The number of hydrogen-bond acceptors (Lipinski definition) is 6. The first-order valence-corrected chi connectivity index (χ1v) is 10.7. The Hall–Kier alpha value is -3.51. The molecule has 4 rings (SSSR count). The fraction of sp³-hybridized carbons (Fsp3) is 0.435. The second kappa shape index (κ2) is 8.93. The third kappa shape index (κ3) is 3.78. The van der Waals surface area contributed by atoms with E-state index >= 15 is 0 Å². The van der Waals surface area contributed by atoms with Gasteiger partial charge in [0, 0.05) is 31.7 Å². The van der Waals surface area contributed by atoms with E-state index in [9.17, 15) is 9.59 Å². The van der Waals surface area contributed by atoms with E-state index in [4.69, 9.17) is 15.5 Å². The molecule has 1 aliphatic heterocycles. The number of fused-ring (bicyclic) bond motifs is 1. The summed E-state index contributed by atoms with van der Waals surface area (Å²) in [5.41, 5.74) is 6.82. The summed E-state index contributed by atoms with van der Waals surface area (Å²) < 4.78 is 9.87. The van der Waals surface area contributed by atoms with Crippen LogP contribution < -0.4 is 26.6 Å². The average molecular weight is 437 g/mol. The van der Waals surface area contributed by atoms with Gasteiger partial charge in [-0.2, -0.15) is 4.98 Å². The maximum atomic E-state index is 13.6. The van der Waals surface area contributed by atoms with Crippen molar-refractivity contribution in [3.63, 3.8) is 0 Å². The van der Waals surface area contributed by atoms with Crippen LogP contribution in [-0.4, -0.2) is 44.9 Å². The van der Waals surface area contributed by atoms with E-state index < -0.39 is 11.2 Å². The second-order valence-corrected chi connectivity index (χ2v) is 7.99. The molecular weight excluding hydrogens is 408 g/mol. The highest BCUT2D eigenvalue weighted by Crippen LogP contribution is 2.23. The SMILES string of the molecule is CC#CCn1c(N2CCC[C@@H](N)C2)nc2c1c(=O)n(Cc1ccccc1OC)c(=O)n2C. The van der Waals surface area contributed by atoms with Crippen molar-refractivity contribution in [2.45, 2.75) is 38.9 Å². The third-order valence-electron chi connectivity index (χ3n) is 5.89. The second-order valence-electron chi connectivity index (χ2n) is 7.99. The van der Waals surface area contributed by atoms with Gasteiger partial charge in [-0.1, -0.05) is 24.1 Å². The highest BCUT2D eigenvalue weighted by atomic mass is 16.5. The summed E-state index contributed by atoms with van der Waals surface area (Å²) >= 11 is 0. The van der Waals surface area contributed by atoms with Crippen molar-refractivity contribution in [3.8, 4) is 17.6 Å². The minimum absolute atomic E-state index is 0.0419. The van der Waals surface area contributed by atoms with Crippen molar-refractivity contribution in [2.75, 3.05) is 25.1 Å². The number of piperidine rings is 1. The number of anilines is 1. The molecule has 0 saturated carbocycles. The minimum Gasteiger partial charge on any atom is -0.496 e. The lowest BCUT2D eigenvalue weighted by Gasteiger charge is -2.31. The molecule has 3 heterocycles. The number of benzene rings is 1. The molecule has 0 bridgehead atoms. The van der Waals surface area contributed by atoms with Crippen LogP contribution in [0.15, 0.2) is 33.9 Å². The molecule has 168 valence electrons. The lowest BCUT2D eigenvalue weighted by Crippen LogP contribution is -2.44. The summed E-state index contributed by atoms with van der Waals surface area (Å²) in [7, 11) is 3.20. The van der Waals surface area contributed by atoms with Crippen LogP contribution in [0.3, 0.4) is 0 Å². The van der Waals surface area contributed by atoms with Crippen LogP contribution in [0.25, 0.3) is 11.2 Å². The number of rotatable bonds is 5. The number of para-hydroxylation sites is 1. The number of aryl methyl sites for hydroxylation is 1. The van der Waals surface area contributed by atoms with Crippen LogP contribution in [0.5, 0.6) is 5.75 Å². The molecule has 1 saturated heterocycles. The Labute approximate surface area is 186 Å². The van der Waals surface area contributed by atoms with Crippen LogP contribution in [0.1, 0.15) is 25.3 Å². The molecule has 2 aromatic heterocycles. The number of aromatic nitrogens is 4. The van der Waals surface area contributed by atoms with Gasteiger partial charge in [-0.25, -0.2) is 4.79 Å². The molecular formula is C23H28N6O3. The monoisotopic (exact) mass is 436 g/mol. The van der Waals surface area contributed by atoms with Gasteiger partial charge in [0.05, 0.1) is 20.2 Å². The standard InChI is InChI=1S/C23H28N6O3/c1-4-5-13-28-19-20(25-22(28)27-12-8-10-17(24)15-27)26(2)23(31)29(21(19)30)14-16-9-6-7-11-18(16)32-3/h6-7,9,11,17H,8,10,12-15,24H2,1-3H3/t17-/m1/s1. The highest BCUT2D eigenvalue weighted by Gasteiger charge is 2.26. The molecule has 9 heteroatoms. The van der Waals surface area contributed by atoms with Gasteiger partial charge in [0.2, 0.25) is 5.95 Å². The Bertz CT molecular complexity index is 1320. The van der Waals surface area contributed by atoms with Crippen molar-refractivity contribution in [2.24, 2.45) is 12.8 Å². The van der Waals surface area contributed by atoms with E-state index in [-0.39, 0.29) is 12.6 Å². The molecule has 1 aromatic carbocycles. The van der Waals surface area contributed by atoms with Crippen LogP contribution in [0, 0.1) is 11.8 Å². The van der Waals surface area contributed by atoms with E-state index in [1.807, 2.05) is 28.8 Å². The van der Waals surface area contributed by atoms with Gasteiger partial charge in [0.1, 0.15) is 5.75 Å². The predicted octanol–water partition coefficient (Wildman–Crippen LogP) is 0.904. The lowest BCUT2D eigenvalue weighted by atomic mass is 10.1. The van der Waals surface area contributed by atoms with Gasteiger partial charge < -0.3 is 15.4 Å². The summed E-state index contributed by atoms with van der Waals surface area (Å²) in [6.07, 6.45) is 1.90. The predicted molar refractivity (Wildman–Crippen MR) is 124 cm³/mol. The number of nitrogens with zero attached hydrogens (tertiary/aromatic N) is 5. The molecule has 0 unspecified atom stereocenters. The number of hydrogen-bond donors (Lipinski definition) is 1. The zero-order valence-corrected chi connectivity index (χ0v) is 18.7. The van der Waals surface area contributed by atoms with Crippen LogP contribution >= 0.6 is 0 Å². The van der Waals surface area contributed by atoms with Crippen molar-refractivity contribution in [1.29, 1.82) is 0 Å². The molecule has 1 fully saturated rings. The molecule has 0 radical (unpaired) electrons. The van der Waals surface area contributed by atoms with Gasteiger partial charge in [-0.15, -0.1) is 5.92 Å². The zero-order valence-electron chi connectivity index (χ0n) is 18.7. The van der Waals surface area contributed by atoms with E-state index in [0.717, 1.165) is 24.9 Å². The van der Waals surface area contributed by atoms with Crippen molar-refractivity contribution in [1.82, 2.24) is 18.7 Å². The first kappa shape index (κ1) is 21.7. The van der Waals surface area contributed by atoms with Gasteiger partial charge in [-0.3, -0.25) is 18.5 Å². The summed E-state index contributed by atoms with van der Waals surface area (Å²) in [4.78, 5) is 33.6. The molecule has 32 heavy (non-hydrogen) atoms. The van der Waals surface area contributed by atoms with Gasteiger partial charge in [0.25, 0.3) is 5.56 Å². The Kier molecular flexibility index (Phi) is 6.06. The van der Waals surface area contributed by atoms with E-state index in [2.05, 4.69) is 16.7 Å². The van der Waals surface area contributed by atoms with Crippen LogP contribution in [0.4, 0.5) is 5.95 Å². The molecule has 0 aliphatic carbocycles. The van der Waals surface area contributed by atoms with E-state index in [1.165, 1.54) is 9.13 Å². The maximum Gasteiger partial charge on any atom is 0.332 e. The highest BCUT2D eigenvalue weighted by molar-refractivity contribution is 5.75. The first-order valence-electron chi connectivity index (χ1n) is 10.7. The molecule has 9 nitrogen and oxygen atoms in total. The number of methoxy groups -OCH3 is 1. The summed E-state index contributed by atoms with van der Waals surface area (Å²) in [5, 5.41) is 0. The Morgan fingerprint density at radius 3 is 2.75 bits per heavy atom. The van der Waals surface area contributed by atoms with E-state index in [0.29, 0.717) is 36.0 Å². The minimum atomic E-state index is -0.429. The zero-order chi connectivity index (χ0) is 22.8. The van der Waals surface area contributed by atoms with Crippen molar-refractivity contribution < 1.29 is 4.74 Å². The molecule has 0 amide bonds. The van der Waals surface area contributed by atoms with Crippen molar-refractivity contribution in [3.05, 3.63) is 50.7 Å². The Morgan fingerprint density at radius 2 is 2.03 bits per heavy atom. The topological polar surface area (TPSA) is 100 Å². The summed E-state index contributed by atoms with van der Waals surface area (Å²) in [6.45, 7) is 3.59. The van der Waals surface area contributed by atoms with E-state index in [1.54, 1.807) is 21.1 Å². The number of ether oxygens (including phenoxy) is 1. The average Bonchev–Trinajstić information content (AvgIpc) is 3.19. The van der Waals surface area contributed by atoms with Gasteiger partial charge in [0.15, 0.2) is 11.2 Å². The quantitative estimate of drug-likeness (QED) is 0.597. The van der Waals surface area contributed by atoms with Crippen LogP contribution in [-0.2, 0) is 20.1 Å². The fourth-order valence-corrected chi connectivity index (χ4v) is 4.24. The summed E-state index contributed by atoms with van der Waals surface area (Å²) in [6, 6.07) is 7.39. The molecule has 1 aliphatic rings. The number of imidazole rings is 1. The smallest absolute Gasteiger partial charge is 0.332 e.